The lowest BCUT2D eigenvalue weighted by molar-refractivity contribution is -0.138. The SMILES string of the molecule is O=C(O)CC(NC(=O)CNC(=O)CCNC(=O)NCc1ccc(Cl)c(Cl)c1)c1ccc(-c2ccccc2)cc1. The first-order valence-electron chi connectivity index (χ1n) is 12.1. The van der Waals surface area contributed by atoms with Crippen molar-refractivity contribution in [2.75, 3.05) is 13.1 Å². The van der Waals surface area contributed by atoms with Crippen molar-refractivity contribution in [3.05, 3.63) is 94.0 Å². The number of carbonyl (C=O) groups excluding carboxylic acids is 3. The first-order valence-corrected chi connectivity index (χ1v) is 12.9. The van der Waals surface area contributed by atoms with Gasteiger partial charge in [0.15, 0.2) is 0 Å². The van der Waals surface area contributed by atoms with E-state index < -0.39 is 29.9 Å². The number of hydrogen-bond acceptors (Lipinski definition) is 4. The Morgan fingerprint density at radius 3 is 2.13 bits per heavy atom. The van der Waals surface area contributed by atoms with Gasteiger partial charge in [0.1, 0.15) is 0 Å². The Hall–Kier alpha value is -4.08. The van der Waals surface area contributed by atoms with Crippen LogP contribution in [0, 0.1) is 0 Å². The summed E-state index contributed by atoms with van der Waals surface area (Å²) in [6.07, 6.45) is -0.362. The minimum absolute atomic E-state index is 0.0486. The van der Waals surface area contributed by atoms with Crippen LogP contribution in [0.1, 0.15) is 30.0 Å². The third-order valence-corrected chi connectivity index (χ3v) is 6.39. The number of halogens is 2. The first-order chi connectivity index (χ1) is 18.7. The summed E-state index contributed by atoms with van der Waals surface area (Å²) in [4.78, 5) is 47.8. The summed E-state index contributed by atoms with van der Waals surface area (Å²) >= 11 is 11.8. The Balaban J connectivity index is 1.40. The standard InChI is InChI=1S/C28H28Cl2N4O5/c29-22-11-6-18(14-23(22)30)16-33-28(39)31-13-12-25(35)32-17-26(36)34-24(15-27(37)38)21-9-7-20(8-10-21)19-4-2-1-3-5-19/h1-11,14,24H,12-13,15-17H2,(H,32,35)(H,34,36)(H,37,38)(H2,31,33,39). The highest BCUT2D eigenvalue weighted by molar-refractivity contribution is 6.42. The zero-order valence-corrected chi connectivity index (χ0v) is 22.4. The third-order valence-electron chi connectivity index (χ3n) is 5.65. The van der Waals surface area contributed by atoms with E-state index in [0.717, 1.165) is 16.7 Å². The molecule has 1 atom stereocenters. The quantitative estimate of drug-likeness (QED) is 0.221. The lowest BCUT2D eigenvalue weighted by Gasteiger charge is -2.18. The molecule has 3 rings (SSSR count). The van der Waals surface area contributed by atoms with Gasteiger partial charge in [-0.3, -0.25) is 14.4 Å². The number of aliphatic carboxylic acids is 1. The van der Waals surface area contributed by atoms with E-state index in [1.165, 1.54) is 0 Å². The van der Waals surface area contributed by atoms with Gasteiger partial charge >= 0.3 is 12.0 Å². The maximum Gasteiger partial charge on any atom is 0.315 e. The van der Waals surface area contributed by atoms with Crippen molar-refractivity contribution in [3.8, 4) is 11.1 Å². The minimum Gasteiger partial charge on any atom is -0.481 e. The monoisotopic (exact) mass is 570 g/mol. The summed E-state index contributed by atoms with van der Waals surface area (Å²) in [7, 11) is 0. The Kier molecular flexibility index (Phi) is 11.1. The molecule has 0 aromatic heterocycles. The van der Waals surface area contributed by atoms with Crippen LogP contribution in [0.2, 0.25) is 10.0 Å². The molecule has 0 aliphatic heterocycles. The normalized spacial score (nSPS) is 11.2. The molecule has 9 nitrogen and oxygen atoms in total. The molecule has 0 heterocycles. The predicted molar refractivity (Wildman–Crippen MR) is 149 cm³/mol. The van der Waals surface area contributed by atoms with Crippen molar-refractivity contribution in [3.63, 3.8) is 0 Å². The molecule has 0 saturated carbocycles. The van der Waals surface area contributed by atoms with E-state index in [9.17, 15) is 24.3 Å². The lowest BCUT2D eigenvalue weighted by Crippen LogP contribution is -2.41. The summed E-state index contributed by atoms with van der Waals surface area (Å²) in [6.45, 7) is -0.0573. The van der Waals surface area contributed by atoms with Gasteiger partial charge in [-0.25, -0.2) is 4.79 Å². The largest absolute Gasteiger partial charge is 0.481 e. The van der Waals surface area contributed by atoms with Crippen molar-refractivity contribution in [2.24, 2.45) is 0 Å². The van der Waals surface area contributed by atoms with Crippen molar-refractivity contribution in [2.45, 2.75) is 25.4 Å². The molecule has 0 fully saturated rings. The summed E-state index contributed by atoms with van der Waals surface area (Å²) in [5.41, 5.74) is 3.37. The fourth-order valence-electron chi connectivity index (χ4n) is 3.66. The number of carbonyl (C=O) groups is 4. The second kappa shape index (κ2) is 14.8. The van der Waals surface area contributed by atoms with Gasteiger partial charge in [0.2, 0.25) is 11.8 Å². The van der Waals surface area contributed by atoms with Gasteiger partial charge < -0.3 is 26.4 Å². The molecular formula is C28H28Cl2N4O5. The Morgan fingerprint density at radius 1 is 0.769 bits per heavy atom. The summed E-state index contributed by atoms with van der Waals surface area (Å²) < 4.78 is 0. The maximum absolute atomic E-state index is 12.4. The highest BCUT2D eigenvalue weighted by atomic mass is 35.5. The van der Waals surface area contributed by atoms with Crippen LogP contribution in [0.5, 0.6) is 0 Å². The highest BCUT2D eigenvalue weighted by Gasteiger charge is 2.19. The maximum atomic E-state index is 12.4. The van der Waals surface area contributed by atoms with E-state index in [1.54, 1.807) is 30.3 Å². The molecule has 0 saturated heterocycles. The van der Waals surface area contributed by atoms with E-state index in [1.807, 2.05) is 42.5 Å². The van der Waals surface area contributed by atoms with Gasteiger partial charge in [-0.2, -0.15) is 0 Å². The van der Waals surface area contributed by atoms with Crippen LogP contribution in [0.4, 0.5) is 4.79 Å². The number of carboxylic acid groups (broad SMARTS) is 1. The third kappa shape index (κ3) is 9.96. The molecule has 4 amide bonds. The Morgan fingerprint density at radius 2 is 1.46 bits per heavy atom. The van der Waals surface area contributed by atoms with Crippen molar-refractivity contribution >= 4 is 47.0 Å². The van der Waals surface area contributed by atoms with E-state index in [4.69, 9.17) is 23.2 Å². The smallest absolute Gasteiger partial charge is 0.315 e. The second-order valence-electron chi connectivity index (χ2n) is 8.59. The van der Waals surface area contributed by atoms with E-state index in [-0.39, 0.29) is 32.5 Å². The average Bonchev–Trinajstić information content (AvgIpc) is 2.92. The van der Waals surface area contributed by atoms with Crippen LogP contribution >= 0.6 is 23.2 Å². The van der Waals surface area contributed by atoms with Gasteiger partial charge in [0.25, 0.3) is 0 Å². The number of nitrogens with one attached hydrogen (secondary N) is 4. The van der Waals surface area contributed by atoms with Gasteiger partial charge in [-0.15, -0.1) is 0 Å². The molecule has 5 N–H and O–H groups in total. The molecule has 39 heavy (non-hydrogen) atoms. The number of benzene rings is 3. The fourth-order valence-corrected chi connectivity index (χ4v) is 3.98. The van der Waals surface area contributed by atoms with Crippen LogP contribution in [-0.4, -0.2) is 42.0 Å². The topological polar surface area (TPSA) is 137 Å². The fraction of sp³-hybridized carbons (Fsp3) is 0.214. The molecule has 11 heteroatoms. The average molecular weight is 571 g/mol. The molecule has 204 valence electrons. The number of amides is 4. The number of urea groups is 1. The molecule has 3 aromatic carbocycles. The van der Waals surface area contributed by atoms with Gasteiger partial charge in [0, 0.05) is 19.5 Å². The van der Waals surface area contributed by atoms with Crippen LogP contribution < -0.4 is 21.3 Å². The molecule has 0 spiro atoms. The van der Waals surface area contributed by atoms with Crippen LogP contribution in [0.25, 0.3) is 11.1 Å². The first kappa shape index (κ1) is 29.5. The van der Waals surface area contributed by atoms with Crippen molar-refractivity contribution < 1.29 is 24.3 Å². The predicted octanol–water partition coefficient (Wildman–Crippen LogP) is 4.30. The van der Waals surface area contributed by atoms with E-state index in [0.29, 0.717) is 15.6 Å². The zero-order valence-electron chi connectivity index (χ0n) is 20.9. The zero-order chi connectivity index (χ0) is 28.2. The minimum atomic E-state index is -1.07. The summed E-state index contributed by atoms with van der Waals surface area (Å²) in [5.74, 6) is -2.05. The van der Waals surface area contributed by atoms with Crippen LogP contribution in [0.3, 0.4) is 0 Å². The highest BCUT2D eigenvalue weighted by Crippen LogP contribution is 2.24. The molecule has 0 radical (unpaired) electrons. The van der Waals surface area contributed by atoms with Gasteiger partial charge in [-0.05, 0) is 34.4 Å². The molecule has 3 aromatic rings. The van der Waals surface area contributed by atoms with E-state index >= 15 is 0 Å². The van der Waals surface area contributed by atoms with Gasteiger partial charge in [0.05, 0.1) is 29.1 Å². The Labute approximate surface area is 235 Å². The summed E-state index contributed by atoms with van der Waals surface area (Å²) in [5, 5.41) is 20.4. The van der Waals surface area contributed by atoms with Crippen molar-refractivity contribution in [1.29, 1.82) is 0 Å². The molecule has 0 aliphatic carbocycles. The molecule has 1 unspecified atom stereocenters. The molecule has 0 bridgehead atoms. The number of carboxylic acids is 1. The lowest BCUT2D eigenvalue weighted by atomic mass is 9.99. The van der Waals surface area contributed by atoms with Gasteiger partial charge in [-0.1, -0.05) is 83.9 Å². The second-order valence-corrected chi connectivity index (χ2v) is 9.41. The summed E-state index contributed by atoms with van der Waals surface area (Å²) in [6, 6.07) is 20.7. The molecular weight excluding hydrogens is 543 g/mol. The van der Waals surface area contributed by atoms with Crippen LogP contribution in [-0.2, 0) is 20.9 Å². The number of rotatable bonds is 12. The van der Waals surface area contributed by atoms with E-state index in [2.05, 4.69) is 21.3 Å². The Bertz CT molecular complexity index is 1300. The molecule has 0 aliphatic rings. The van der Waals surface area contributed by atoms with Crippen LogP contribution in [0.15, 0.2) is 72.8 Å². The number of hydrogen-bond donors (Lipinski definition) is 5. The van der Waals surface area contributed by atoms with Crippen molar-refractivity contribution in [1.82, 2.24) is 21.3 Å².